The lowest BCUT2D eigenvalue weighted by atomic mass is 9.76. The van der Waals surface area contributed by atoms with Crippen molar-refractivity contribution in [2.75, 3.05) is 13.2 Å². The smallest absolute Gasteiger partial charge is 0.314 e. The topological polar surface area (TPSA) is 106 Å². The summed E-state index contributed by atoms with van der Waals surface area (Å²) in [7, 11) is 0. The van der Waals surface area contributed by atoms with Crippen LogP contribution in [0.25, 0.3) is 0 Å². The van der Waals surface area contributed by atoms with Gasteiger partial charge in [-0.3, -0.25) is 5.73 Å². The van der Waals surface area contributed by atoms with Gasteiger partial charge in [-0.15, -0.1) is 0 Å². The van der Waals surface area contributed by atoms with Gasteiger partial charge in [0.25, 0.3) is 5.84 Å². The van der Waals surface area contributed by atoms with E-state index in [2.05, 4.69) is 17.1 Å². The molecule has 3 rings (SSSR count). The second kappa shape index (κ2) is 4.68. The van der Waals surface area contributed by atoms with Gasteiger partial charge in [-0.05, 0) is 26.7 Å². The number of rotatable bonds is 4. The molecule has 2 saturated carbocycles. The van der Waals surface area contributed by atoms with Gasteiger partial charge >= 0.3 is 5.91 Å². The number of hydrogen-bond acceptors (Lipinski definition) is 5. The van der Waals surface area contributed by atoms with Gasteiger partial charge < -0.3 is 9.47 Å². The molecule has 3 aliphatic rings. The van der Waals surface area contributed by atoms with Gasteiger partial charge in [-0.1, -0.05) is 19.3 Å². The van der Waals surface area contributed by atoms with E-state index in [1.165, 1.54) is 0 Å². The third-order valence-electron chi connectivity index (χ3n) is 5.87. The lowest BCUT2D eigenvalue weighted by Crippen LogP contribution is -2.91. The summed E-state index contributed by atoms with van der Waals surface area (Å²) in [4.78, 5) is 3.03. The first kappa shape index (κ1) is 15.3. The van der Waals surface area contributed by atoms with Gasteiger partial charge in [0.1, 0.15) is 0 Å². The summed E-state index contributed by atoms with van der Waals surface area (Å²) in [6.07, 6.45) is 4.79. The van der Waals surface area contributed by atoms with Crippen LogP contribution in [0.5, 0.6) is 0 Å². The normalized spacial score (nSPS) is 37.0. The van der Waals surface area contributed by atoms with Gasteiger partial charge in [0.05, 0.1) is 25.4 Å². The Morgan fingerprint density at radius 1 is 1.09 bits per heavy atom. The molecule has 0 aromatic rings. The summed E-state index contributed by atoms with van der Waals surface area (Å²) in [5, 5.41) is 20.1. The Labute approximate surface area is 130 Å². The molecule has 6 heteroatoms. The molecule has 2 atom stereocenters. The van der Waals surface area contributed by atoms with Crippen molar-refractivity contribution in [3.63, 3.8) is 0 Å². The second-order valence-electron chi connectivity index (χ2n) is 6.39. The first-order valence-electron chi connectivity index (χ1n) is 8.09. The Morgan fingerprint density at radius 2 is 1.68 bits per heavy atom. The molecule has 0 bridgehead atoms. The van der Waals surface area contributed by atoms with Crippen molar-refractivity contribution in [3.8, 4) is 12.1 Å². The van der Waals surface area contributed by atoms with E-state index >= 15 is 0 Å². The van der Waals surface area contributed by atoms with Crippen LogP contribution in [0.2, 0.25) is 0 Å². The molecule has 0 saturated heterocycles. The molecule has 2 aliphatic carbocycles. The summed E-state index contributed by atoms with van der Waals surface area (Å²) in [5.74, 6) is -0.983. The number of ether oxygens (including phenoxy) is 2. The standard InChI is InChI=1S/C16H22N4O2/c1-3-21-16(22-4-2)15(11-18)13(8-6-5-7-9-13)14(15,10-17)12(19)20-16/h3-9H2,1-2H3,(H2,19,20)/p+1. The van der Waals surface area contributed by atoms with Crippen LogP contribution in [0, 0.1) is 38.9 Å². The number of fused-ring (bicyclic) bond motifs is 3. The molecule has 6 nitrogen and oxygen atoms in total. The fraction of sp³-hybridized carbons (Fsp3) is 0.812. The summed E-state index contributed by atoms with van der Waals surface area (Å²) >= 11 is 0. The van der Waals surface area contributed by atoms with E-state index in [0.29, 0.717) is 19.0 Å². The van der Waals surface area contributed by atoms with Crippen LogP contribution in [0.4, 0.5) is 0 Å². The number of nitrogens with two attached hydrogens (primary N) is 1. The molecule has 0 aromatic heterocycles. The van der Waals surface area contributed by atoms with Gasteiger partial charge in [-0.2, -0.15) is 10.5 Å². The highest BCUT2D eigenvalue weighted by Gasteiger charge is 3.03. The zero-order valence-electron chi connectivity index (χ0n) is 13.2. The Balaban J connectivity index is 2.21. The van der Waals surface area contributed by atoms with Crippen molar-refractivity contribution in [1.82, 2.24) is 0 Å². The highest BCUT2D eigenvalue weighted by atomic mass is 16.7. The number of nitrogens with zero attached hydrogens (tertiary/aromatic N) is 2. The molecule has 0 aromatic carbocycles. The molecule has 1 spiro atoms. The largest absolute Gasteiger partial charge is 0.343 e. The number of amidine groups is 1. The van der Waals surface area contributed by atoms with E-state index in [0.717, 1.165) is 32.1 Å². The SMILES string of the molecule is CCOC1(OCC)[NH+]=C(N)C2(C#N)C3(CCCCC3)C12C#N. The Bertz CT molecular complexity index is 590. The molecule has 0 amide bonds. The zero-order chi connectivity index (χ0) is 16.1. The van der Waals surface area contributed by atoms with E-state index in [1.807, 2.05) is 13.8 Å². The van der Waals surface area contributed by atoms with Gasteiger partial charge in [0.2, 0.25) is 0 Å². The van der Waals surface area contributed by atoms with Crippen molar-refractivity contribution in [1.29, 1.82) is 10.5 Å². The van der Waals surface area contributed by atoms with Crippen molar-refractivity contribution < 1.29 is 14.5 Å². The predicted octanol–water partition coefficient (Wildman–Crippen LogP) is 0.149. The van der Waals surface area contributed by atoms with Crippen LogP contribution < -0.4 is 10.7 Å². The predicted molar refractivity (Wildman–Crippen MR) is 77.8 cm³/mol. The summed E-state index contributed by atoms with van der Waals surface area (Å²) in [6, 6.07) is 4.80. The van der Waals surface area contributed by atoms with E-state index in [9.17, 15) is 10.5 Å². The maximum Gasteiger partial charge on any atom is 0.343 e. The van der Waals surface area contributed by atoms with E-state index < -0.39 is 22.2 Å². The maximum absolute atomic E-state index is 10.1. The van der Waals surface area contributed by atoms with Crippen molar-refractivity contribution in [2.45, 2.75) is 51.9 Å². The van der Waals surface area contributed by atoms with Crippen LogP contribution >= 0.6 is 0 Å². The second-order valence-corrected chi connectivity index (χ2v) is 6.39. The van der Waals surface area contributed by atoms with E-state index in [-0.39, 0.29) is 0 Å². The van der Waals surface area contributed by atoms with Crippen LogP contribution in [0.15, 0.2) is 0 Å². The first-order chi connectivity index (χ1) is 10.6. The highest BCUT2D eigenvalue weighted by Crippen LogP contribution is 2.86. The van der Waals surface area contributed by atoms with Crippen LogP contribution in [0.3, 0.4) is 0 Å². The molecule has 2 fully saturated rings. The summed E-state index contributed by atoms with van der Waals surface area (Å²) in [5.41, 5.74) is 3.70. The Morgan fingerprint density at radius 3 is 2.14 bits per heavy atom. The minimum atomic E-state index is -1.32. The molecule has 22 heavy (non-hydrogen) atoms. The van der Waals surface area contributed by atoms with Crippen LogP contribution in [-0.4, -0.2) is 25.0 Å². The molecular formula is C16H23N4O2+. The summed E-state index contributed by atoms with van der Waals surface area (Å²) in [6.45, 7) is 4.46. The molecule has 1 aliphatic heterocycles. The minimum Gasteiger partial charge on any atom is -0.314 e. The fourth-order valence-corrected chi connectivity index (χ4v) is 5.24. The zero-order valence-corrected chi connectivity index (χ0v) is 13.2. The molecule has 118 valence electrons. The summed E-state index contributed by atoms with van der Waals surface area (Å²) < 4.78 is 11.8. The molecule has 3 N–H and O–H groups in total. The monoisotopic (exact) mass is 303 g/mol. The quantitative estimate of drug-likeness (QED) is 0.719. The van der Waals surface area contributed by atoms with Crippen molar-refractivity contribution in [2.24, 2.45) is 22.0 Å². The third-order valence-corrected chi connectivity index (χ3v) is 5.87. The average molecular weight is 303 g/mol. The maximum atomic E-state index is 10.1. The fourth-order valence-electron chi connectivity index (χ4n) is 5.24. The van der Waals surface area contributed by atoms with Gasteiger partial charge in [0, 0.05) is 5.41 Å². The first-order valence-corrected chi connectivity index (χ1v) is 8.09. The molecule has 2 unspecified atom stereocenters. The Hall–Kier alpha value is -1.63. The molecule has 1 heterocycles. The van der Waals surface area contributed by atoms with Crippen molar-refractivity contribution >= 4 is 5.84 Å². The van der Waals surface area contributed by atoms with E-state index in [4.69, 9.17) is 15.2 Å². The minimum absolute atomic E-state index is 0.334. The molecule has 0 radical (unpaired) electrons. The highest BCUT2D eigenvalue weighted by molar-refractivity contribution is 5.95. The Kier molecular flexibility index (Phi) is 3.25. The van der Waals surface area contributed by atoms with Crippen LogP contribution in [-0.2, 0) is 9.47 Å². The third kappa shape index (κ3) is 1.22. The lowest BCUT2D eigenvalue weighted by Gasteiger charge is -2.34. The lowest BCUT2D eigenvalue weighted by molar-refractivity contribution is -0.695. The number of nitriles is 2. The number of hydrogen-bond donors (Lipinski definition) is 2. The van der Waals surface area contributed by atoms with Gasteiger partial charge in [0.15, 0.2) is 10.8 Å². The van der Waals surface area contributed by atoms with Crippen molar-refractivity contribution in [3.05, 3.63) is 0 Å². The molecular weight excluding hydrogens is 280 g/mol. The van der Waals surface area contributed by atoms with Gasteiger partial charge in [-0.25, -0.2) is 4.99 Å². The van der Waals surface area contributed by atoms with E-state index in [1.54, 1.807) is 0 Å². The average Bonchev–Trinajstić information content (AvgIpc) is 2.94. The number of nitrogens with one attached hydrogen (secondary N) is 1. The van der Waals surface area contributed by atoms with Crippen LogP contribution in [0.1, 0.15) is 46.0 Å².